The van der Waals surface area contributed by atoms with E-state index >= 15 is 0 Å². The number of carbonyl (C=O) groups excluding carboxylic acids is 1. The van der Waals surface area contributed by atoms with Crippen LogP contribution in [-0.2, 0) is 5.41 Å². The third-order valence-electron chi connectivity index (χ3n) is 5.49. The Morgan fingerprint density at radius 3 is 2.52 bits per heavy atom. The van der Waals surface area contributed by atoms with E-state index in [-0.39, 0.29) is 22.9 Å². The Hall–Kier alpha value is -2.83. The van der Waals surface area contributed by atoms with Crippen LogP contribution in [-0.4, -0.2) is 46.9 Å². The smallest absolute Gasteiger partial charge is 0.267 e. The number of rotatable bonds is 2. The highest BCUT2D eigenvalue weighted by Crippen LogP contribution is 2.35. The fraction of sp³-hybridized carbons (Fsp3) is 0.500. The second-order valence-corrected chi connectivity index (χ2v) is 8.60. The number of hydrogen-bond acceptors (Lipinski definition) is 5. The predicted octanol–water partition coefficient (Wildman–Crippen LogP) is 2.79. The van der Waals surface area contributed by atoms with Crippen LogP contribution in [0, 0.1) is 0 Å². The summed E-state index contributed by atoms with van der Waals surface area (Å²) in [7, 11) is 0. The van der Waals surface area contributed by atoms with Crippen LogP contribution < -0.4 is 15.0 Å². The first-order valence-corrected chi connectivity index (χ1v) is 10.1. The summed E-state index contributed by atoms with van der Waals surface area (Å²) in [6.07, 6.45) is 1.39. The molecule has 1 aromatic carbocycles. The van der Waals surface area contributed by atoms with E-state index < -0.39 is 0 Å². The lowest BCUT2D eigenvalue weighted by Gasteiger charge is -2.33. The maximum Gasteiger partial charge on any atom is 0.267 e. The number of benzene rings is 1. The summed E-state index contributed by atoms with van der Waals surface area (Å²) >= 11 is 0. The first-order valence-electron chi connectivity index (χ1n) is 10.1. The van der Waals surface area contributed by atoms with Gasteiger partial charge in [-0.3, -0.25) is 9.59 Å². The highest BCUT2D eigenvalue weighted by atomic mass is 16.6. The lowest BCUT2D eigenvalue weighted by molar-refractivity contribution is 0.0677. The molecule has 0 spiro atoms. The normalized spacial score (nSPS) is 17.3. The minimum absolute atomic E-state index is 0.00174. The molecule has 3 heterocycles. The molecule has 7 nitrogen and oxygen atoms in total. The van der Waals surface area contributed by atoms with E-state index in [1.165, 1.54) is 0 Å². The fourth-order valence-electron chi connectivity index (χ4n) is 3.81. The molecular formula is C22H27N3O4. The average Bonchev–Trinajstić information content (AvgIpc) is 2.72. The molecule has 0 radical (unpaired) electrons. The first-order chi connectivity index (χ1) is 13.8. The topological polar surface area (TPSA) is 73.7 Å². The lowest BCUT2D eigenvalue weighted by atomic mass is 9.92. The van der Waals surface area contributed by atoms with Gasteiger partial charge in [-0.2, -0.15) is 5.10 Å². The van der Waals surface area contributed by atoms with Gasteiger partial charge in [-0.05, 0) is 31.0 Å². The number of nitrogens with zero attached hydrogens (tertiary/aromatic N) is 3. The summed E-state index contributed by atoms with van der Waals surface area (Å²) in [4.78, 5) is 27.3. The number of ether oxygens (including phenoxy) is 2. The molecule has 2 aliphatic heterocycles. The van der Waals surface area contributed by atoms with Crippen LogP contribution in [0.4, 0.5) is 0 Å². The molecule has 0 N–H and O–H groups in total. The third kappa shape index (κ3) is 3.86. The minimum Gasteiger partial charge on any atom is -0.486 e. The van der Waals surface area contributed by atoms with E-state index in [1.54, 1.807) is 22.9 Å². The summed E-state index contributed by atoms with van der Waals surface area (Å²) in [6.45, 7) is 8.32. The molecule has 1 fully saturated rings. The Balaban J connectivity index is 1.49. The van der Waals surface area contributed by atoms with E-state index in [9.17, 15) is 9.59 Å². The summed E-state index contributed by atoms with van der Waals surface area (Å²) in [5, 5.41) is 4.62. The van der Waals surface area contributed by atoms with Crippen LogP contribution in [0.25, 0.3) is 0 Å². The van der Waals surface area contributed by atoms with Crippen molar-refractivity contribution >= 4 is 5.91 Å². The quantitative estimate of drug-likeness (QED) is 0.779. The Bertz CT molecular complexity index is 969. The summed E-state index contributed by atoms with van der Waals surface area (Å²) in [6, 6.07) is 8.81. The van der Waals surface area contributed by atoms with Gasteiger partial charge >= 0.3 is 0 Å². The molecule has 1 saturated heterocycles. The maximum atomic E-state index is 13.1. The molecule has 0 unspecified atom stereocenters. The van der Waals surface area contributed by atoms with Crippen molar-refractivity contribution in [3.63, 3.8) is 0 Å². The predicted molar refractivity (Wildman–Crippen MR) is 109 cm³/mol. The maximum absolute atomic E-state index is 13.1. The third-order valence-corrected chi connectivity index (χ3v) is 5.49. The van der Waals surface area contributed by atoms with E-state index in [2.05, 4.69) is 25.9 Å². The number of para-hydroxylation sites is 1. The standard InChI is InChI=1S/C22H27N3O4/c1-22(2,3)18-7-8-19(26)25(23-18)15-9-11-24(12-10-15)21(27)16-5-4-6-17-20(16)29-14-13-28-17/h4-8,15H,9-14H2,1-3H3. The van der Waals surface area contributed by atoms with Gasteiger partial charge in [0.25, 0.3) is 11.5 Å². The number of aromatic nitrogens is 2. The zero-order valence-electron chi connectivity index (χ0n) is 17.2. The minimum atomic E-state index is -0.124. The van der Waals surface area contributed by atoms with Crippen LogP contribution in [0.5, 0.6) is 11.5 Å². The lowest BCUT2D eigenvalue weighted by Crippen LogP contribution is -2.42. The summed E-state index contributed by atoms with van der Waals surface area (Å²) in [5.74, 6) is 1.09. The Kier molecular flexibility index (Phi) is 5.06. The number of carbonyl (C=O) groups is 1. The van der Waals surface area contributed by atoms with Crippen molar-refractivity contribution in [3.05, 3.63) is 51.9 Å². The molecular weight excluding hydrogens is 370 g/mol. The Morgan fingerprint density at radius 1 is 1.07 bits per heavy atom. The molecule has 154 valence electrons. The van der Waals surface area contributed by atoms with Crippen LogP contribution in [0.15, 0.2) is 35.1 Å². The zero-order valence-corrected chi connectivity index (χ0v) is 17.2. The number of piperidine rings is 1. The largest absolute Gasteiger partial charge is 0.486 e. The van der Waals surface area contributed by atoms with Gasteiger partial charge in [-0.25, -0.2) is 4.68 Å². The average molecular weight is 397 g/mol. The first kappa shape index (κ1) is 19.5. The molecule has 2 aromatic rings. The van der Waals surface area contributed by atoms with Crippen molar-refractivity contribution in [3.8, 4) is 11.5 Å². The molecule has 7 heteroatoms. The molecule has 0 bridgehead atoms. The number of amides is 1. The SMILES string of the molecule is CC(C)(C)c1ccc(=O)n(C2CCN(C(=O)c3cccc4c3OCCO4)CC2)n1. The Labute approximate surface area is 170 Å². The molecule has 1 aromatic heterocycles. The number of hydrogen-bond donors (Lipinski definition) is 0. The van der Waals surface area contributed by atoms with Crippen LogP contribution >= 0.6 is 0 Å². The van der Waals surface area contributed by atoms with E-state index in [0.717, 1.165) is 5.69 Å². The molecule has 0 saturated carbocycles. The van der Waals surface area contributed by atoms with Gasteiger partial charge in [0.1, 0.15) is 13.2 Å². The second-order valence-electron chi connectivity index (χ2n) is 8.60. The van der Waals surface area contributed by atoms with Crippen LogP contribution in [0.3, 0.4) is 0 Å². The molecule has 4 rings (SSSR count). The van der Waals surface area contributed by atoms with Gasteiger partial charge in [0.05, 0.1) is 17.3 Å². The molecule has 0 aliphatic carbocycles. The molecule has 2 aliphatic rings. The van der Waals surface area contributed by atoms with E-state index in [1.807, 2.05) is 17.0 Å². The van der Waals surface area contributed by atoms with Gasteiger partial charge in [-0.1, -0.05) is 26.8 Å². The van der Waals surface area contributed by atoms with Crippen molar-refractivity contribution in [2.75, 3.05) is 26.3 Å². The number of likely N-dealkylation sites (tertiary alicyclic amines) is 1. The molecule has 1 amide bonds. The van der Waals surface area contributed by atoms with Gasteiger partial charge in [-0.15, -0.1) is 0 Å². The van der Waals surface area contributed by atoms with Gasteiger partial charge in [0, 0.05) is 24.6 Å². The van der Waals surface area contributed by atoms with E-state index in [0.29, 0.717) is 56.2 Å². The van der Waals surface area contributed by atoms with Gasteiger partial charge < -0.3 is 14.4 Å². The number of fused-ring (bicyclic) bond motifs is 1. The van der Waals surface area contributed by atoms with Crippen molar-refractivity contribution in [2.24, 2.45) is 0 Å². The Morgan fingerprint density at radius 2 is 1.79 bits per heavy atom. The van der Waals surface area contributed by atoms with Crippen molar-refractivity contribution in [1.82, 2.24) is 14.7 Å². The van der Waals surface area contributed by atoms with Gasteiger partial charge in [0.2, 0.25) is 0 Å². The van der Waals surface area contributed by atoms with Crippen molar-refractivity contribution < 1.29 is 14.3 Å². The molecule has 0 atom stereocenters. The molecule has 29 heavy (non-hydrogen) atoms. The summed E-state index contributed by atoms with van der Waals surface area (Å²) in [5.41, 5.74) is 1.21. The fourth-order valence-corrected chi connectivity index (χ4v) is 3.81. The monoisotopic (exact) mass is 397 g/mol. The van der Waals surface area contributed by atoms with Crippen LogP contribution in [0.2, 0.25) is 0 Å². The van der Waals surface area contributed by atoms with Crippen LogP contribution in [0.1, 0.15) is 55.7 Å². The van der Waals surface area contributed by atoms with E-state index in [4.69, 9.17) is 9.47 Å². The summed E-state index contributed by atoms with van der Waals surface area (Å²) < 4.78 is 12.9. The highest BCUT2D eigenvalue weighted by Gasteiger charge is 2.29. The van der Waals surface area contributed by atoms with Gasteiger partial charge in [0.15, 0.2) is 11.5 Å². The van der Waals surface area contributed by atoms with Crippen molar-refractivity contribution in [2.45, 2.75) is 45.1 Å². The highest BCUT2D eigenvalue weighted by molar-refractivity contribution is 5.98. The second kappa shape index (κ2) is 7.54. The van der Waals surface area contributed by atoms with Crippen molar-refractivity contribution in [1.29, 1.82) is 0 Å². The zero-order chi connectivity index (χ0) is 20.6.